The van der Waals surface area contributed by atoms with E-state index in [9.17, 15) is 13.6 Å². The van der Waals surface area contributed by atoms with Crippen LogP contribution < -0.4 is 5.01 Å². The van der Waals surface area contributed by atoms with Crippen LogP contribution in [0.3, 0.4) is 0 Å². The Bertz CT molecular complexity index is 713. The average molecular weight is 272 g/mol. The summed E-state index contributed by atoms with van der Waals surface area (Å²) in [6.45, 7) is 0. The highest BCUT2D eigenvalue weighted by molar-refractivity contribution is 6.19. The largest absolute Gasteiger partial charge is 0.272 e. The van der Waals surface area contributed by atoms with Gasteiger partial charge < -0.3 is 0 Å². The summed E-state index contributed by atoms with van der Waals surface area (Å²) in [5.74, 6) is -1.37. The number of halogens is 2. The van der Waals surface area contributed by atoms with Gasteiger partial charge in [0.05, 0.1) is 12.1 Å². The second kappa shape index (κ2) is 4.85. The summed E-state index contributed by atoms with van der Waals surface area (Å²) in [7, 11) is 0. The van der Waals surface area contributed by atoms with Crippen molar-refractivity contribution < 1.29 is 13.6 Å². The molecule has 0 atom stereocenters. The second-order valence-corrected chi connectivity index (χ2v) is 4.36. The third-order valence-electron chi connectivity index (χ3n) is 3.04. The number of amides is 1. The summed E-state index contributed by atoms with van der Waals surface area (Å²) >= 11 is 0. The lowest BCUT2D eigenvalue weighted by molar-refractivity contribution is -0.116. The lowest BCUT2D eigenvalue weighted by atomic mass is 10.1. The Hall–Kier alpha value is -2.56. The fourth-order valence-corrected chi connectivity index (χ4v) is 2.09. The van der Waals surface area contributed by atoms with E-state index in [4.69, 9.17) is 0 Å². The van der Waals surface area contributed by atoms with Crippen molar-refractivity contribution in [2.75, 3.05) is 5.01 Å². The molecule has 5 heteroatoms. The minimum atomic E-state index is -0.542. The first-order chi connectivity index (χ1) is 9.66. The predicted octanol–water partition coefficient (Wildman–Crippen LogP) is 3.11. The molecular weight excluding hydrogens is 262 g/mol. The lowest BCUT2D eigenvalue weighted by Crippen LogP contribution is -2.20. The molecule has 3 nitrogen and oxygen atoms in total. The number of hydrazone groups is 1. The molecule has 100 valence electrons. The van der Waals surface area contributed by atoms with E-state index in [1.807, 2.05) is 0 Å². The molecule has 1 aliphatic rings. The first-order valence-electron chi connectivity index (χ1n) is 6.06. The highest BCUT2D eigenvalue weighted by atomic mass is 19.1. The molecule has 1 heterocycles. The molecule has 0 unspecified atom stereocenters. The van der Waals surface area contributed by atoms with E-state index in [0.29, 0.717) is 5.71 Å². The van der Waals surface area contributed by atoms with E-state index in [1.54, 1.807) is 24.3 Å². The van der Waals surface area contributed by atoms with E-state index < -0.39 is 11.6 Å². The number of carbonyl (C=O) groups is 1. The average Bonchev–Trinajstić information content (AvgIpc) is 2.81. The standard InChI is InChI=1S/C15H10F2N2O/c16-11-6-2-1-5-10(11)13-9-15(20)19(18-13)14-8-4-3-7-12(14)17/h1-8H,9H2. The van der Waals surface area contributed by atoms with Crippen molar-refractivity contribution in [3.05, 3.63) is 65.7 Å². The molecule has 0 saturated carbocycles. The molecule has 0 spiro atoms. The van der Waals surface area contributed by atoms with Crippen LogP contribution >= 0.6 is 0 Å². The van der Waals surface area contributed by atoms with Gasteiger partial charge in [-0.05, 0) is 18.2 Å². The first-order valence-corrected chi connectivity index (χ1v) is 6.06. The normalized spacial score (nSPS) is 14.6. The SMILES string of the molecule is O=C1CC(c2ccccc2F)=NN1c1ccccc1F. The van der Waals surface area contributed by atoms with Crippen molar-refractivity contribution in [2.45, 2.75) is 6.42 Å². The molecule has 3 rings (SSSR count). The number of hydrogen-bond acceptors (Lipinski definition) is 2. The maximum atomic E-state index is 13.7. The van der Waals surface area contributed by atoms with Crippen molar-refractivity contribution in [1.82, 2.24) is 0 Å². The van der Waals surface area contributed by atoms with E-state index in [0.717, 1.165) is 5.01 Å². The minimum Gasteiger partial charge on any atom is -0.272 e. The number of carbonyl (C=O) groups excluding carboxylic acids is 1. The highest BCUT2D eigenvalue weighted by Gasteiger charge is 2.28. The summed E-state index contributed by atoms with van der Waals surface area (Å²) in [5, 5.41) is 5.03. The fourth-order valence-electron chi connectivity index (χ4n) is 2.09. The van der Waals surface area contributed by atoms with Gasteiger partial charge in [0.15, 0.2) is 0 Å². The number of nitrogens with zero attached hydrogens (tertiary/aromatic N) is 2. The second-order valence-electron chi connectivity index (χ2n) is 4.36. The van der Waals surface area contributed by atoms with Crippen LogP contribution in [0.4, 0.5) is 14.5 Å². The zero-order valence-electron chi connectivity index (χ0n) is 10.4. The third-order valence-corrected chi connectivity index (χ3v) is 3.04. The number of benzene rings is 2. The topological polar surface area (TPSA) is 32.7 Å². The number of hydrogen-bond donors (Lipinski definition) is 0. The van der Waals surface area contributed by atoms with Crippen molar-refractivity contribution in [3.63, 3.8) is 0 Å². The molecule has 0 radical (unpaired) electrons. The van der Waals surface area contributed by atoms with Crippen LogP contribution in [0.1, 0.15) is 12.0 Å². The van der Waals surface area contributed by atoms with Gasteiger partial charge in [-0.15, -0.1) is 0 Å². The van der Waals surface area contributed by atoms with Gasteiger partial charge in [-0.25, -0.2) is 8.78 Å². The van der Waals surface area contributed by atoms with E-state index >= 15 is 0 Å². The predicted molar refractivity (Wildman–Crippen MR) is 71.4 cm³/mol. The summed E-state index contributed by atoms with van der Waals surface area (Å²) < 4.78 is 27.4. The van der Waals surface area contributed by atoms with Crippen LogP contribution in [-0.2, 0) is 4.79 Å². The van der Waals surface area contributed by atoms with Gasteiger partial charge in [-0.2, -0.15) is 10.1 Å². The molecule has 2 aromatic carbocycles. The van der Waals surface area contributed by atoms with Gasteiger partial charge >= 0.3 is 0 Å². The maximum absolute atomic E-state index is 13.7. The quantitative estimate of drug-likeness (QED) is 0.826. The smallest absolute Gasteiger partial charge is 0.253 e. The lowest BCUT2D eigenvalue weighted by Gasteiger charge is -2.11. The highest BCUT2D eigenvalue weighted by Crippen LogP contribution is 2.25. The van der Waals surface area contributed by atoms with Crippen LogP contribution in [0, 0.1) is 11.6 Å². The Morgan fingerprint density at radius 3 is 2.30 bits per heavy atom. The fraction of sp³-hybridized carbons (Fsp3) is 0.0667. The van der Waals surface area contributed by atoms with Gasteiger partial charge in [0.25, 0.3) is 5.91 Å². The van der Waals surface area contributed by atoms with Crippen molar-refractivity contribution in [1.29, 1.82) is 0 Å². The van der Waals surface area contributed by atoms with Gasteiger partial charge in [0.2, 0.25) is 0 Å². The monoisotopic (exact) mass is 272 g/mol. The number of rotatable bonds is 2. The zero-order chi connectivity index (χ0) is 14.1. The number of para-hydroxylation sites is 1. The zero-order valence-corrected chi connectivity index (χ0v) is 10.4. The molecule has 0 aliphatic carbocycles. The first kappa shape index (κ1) is 12.5. The summed E-state index contributed by atoms with van der Waals surface area (Å²) in [5.41, 5.74) is 0.639. The van der Waals surface area contributed by atoms with Gasteiger partial charge in [-0.3, -0.25) is 4.79 Å². The van der Waals surface area contributed by atoms with Crippen molar-refractivity contribution in [3.8, 4) is 0 Å². The minimum absolute atomic E-state index is 0.0464. The van der Waals surface area contributed by atoms with E-state index in [1.165, 1.54) is 24.3 Å². The molecule has 0 fully saturated rings. The van der Waals surface area contributed by atoms with Crippen LogP contribution in [0.15, 0.2) is 53.6 Å². The van der Waals surface area contributed by atoms with Crippen molar-refractivity contribution >= 4 is 17.3 Å². The summed E-state index contributed by atoms with van der Waals surface area (Å²) in [6, 6.07) is 11.9. The molecule has 0 saturated heterocycles. The Balaban J connectivity index is 2.02. The van der Waals surface area contributed by atoms with E-state index in [-0.39, 0.29) is 23.6 Å². The molecule has 0 bridgehead atoms. The summed E-state index contributed by atoms with van der Waals surface area (Å²) in [4.78, 5) is 11.9. The van der Waals surface area contributed by atoms with Gasteiger partial charge in [-0.1, -0.05) is 30.3 Å². The van der Waals surface area contributed by atoms with Crippen LogP contribution in [0.5, 0.6) is 0 Å². The molecule has 20 heavy (non-hydrogen) atoms. The number of anilines is 1. The molecule has 1 aliphatic heterocycles. The molecule has 2 aromatic rings. The van der Waals surface area contributed by atoms with Crippen LogP contribution in [-0.4, -0.2) is 11.6 Å². The molecule has 0 N–H and O–H groups in total. The Kier molecular flexibility index (Phi) is 3.02. The third kappa shape index (κ3) is 2.07. The Labute approximate surface area is 114 Å². The van der Waals surface area contributed by atoms with Crippen LogP contribution in [0.25, 0.3) is 0 Å². The van der Waals surface area contributed by atoms with Crippen LogP contribution in [0.2, 0.25) is 0 Å². The van der Waals surface area contributed by atoms with Gasteiger partial charge in [0, 0.05) is 5.56 Å². The summed E-state index contributed by atoms with van der Waals surface area (Å²) in [6.07, 6.45) is -0.0464. The Morgan fingerprint density at radius 1 is 0.950 bits per heavy atom. The maximum Gasteiger partial charge on any atom is 0.253 e. The molecule has 1 amide bonds. The van der Waals surface area contributed by atoms with E-state index in [2.05, 4.69) is 5.10 Å². The Morgan fingerprint density at radius 2 is 1.60 bits per heavy atom. The molecular formula is C15H10F2N2O. The molecule has 0 aromatic heterocycles. The van der Waals surface area contributed by atoms with Gasteiger partial charge in [0.1, 0.15) is 17.3 Å². The van der Waals surface area contributed by atoms with Crippen molar-refractivity contribution in [2.24, 2.45) is 5.10 Å².